The highest BCUT2D eigenvalue weighted by atomic mass is 16.6. The molecule has 1 atom stereocenters. The number of aliphatic hydroxyl groups excluding tert-OH is 1. The highest BCUT2D eigenvalue weighted by Crippen LogP contribution is 2.01. The summed E-state index contributed by atoms with van der Waals surface area (Å²) in [6.45, 7) is 3.87. The highest BCUT2D eigenvalue weighted by Gasteiger charge is 2.09. The van der Waals surface area contributed by atoms with Crippen molar-refractivity contribution in [3.8, 4) is 0 Å². The van der Waals surface area contributed by atoms with Crippen molar-refractivity contribution in [2.75, 3.05) is 6.61 Å². The lowest BCUT2D eigenvalue weighted by Crippen LogP contribution is -2.26. The molecule has 0 aromatic carbocycles. The molecular weight excluding hydrogens is 106 g/mol. The van der Waals surface area contributed by atoms with Crippen molar-refractivity contribution < 1.29 is 9.94 Å². The largest absolute Gasteiger partial charge is 0.394 e. The molecular formula is C5H13NO2. The first-order chi connectivity index (χ1) is 3.72. The van der Waals surface area contributed by atoms with Gasteiger partial charge in [0.1, 0.15) is 6.10 Å². The van der Waals surface area contributed by atoms with Gasteiger partial charge < -0.3 is 5.11 Å². The van der Waals surface area contributed by atoms with Crippen LogP contribution in [0.5, 0.6) is 0 Å². The summed E-state index contributed by atoms with van der Waals surface area (Å²) in [6.07, 6.45) is -0.213. The molecule has 0 fully saturated rings. The Bertz CT molecular complexity index is 52.4. The Morgan fingerprint density at radius 3 is 2.12 bits per heavy atom. The molecule has 0 spiro atoms. The van der Waals surface area contributed by atoms with Crippen LogP contribution < -0.4 is 5.90 Å². The van der Waals surface area contributed by atoms with Crippen molar-refractivity contribution in [1.82, 2.24) is 0 Å². The van der Waals surface area contributed by atoms with Gasteiger partial charge in [-0.05, 0) is 5.92 Å². The van der Waals surface area contributed by atoms with Crippen LogP contribution >= 0.6 is 0 Å². The third kappa shape index (κ3) is 2.26. The van der Waals surface area contributed by atoms with Gasteiger partial charge in [0, 0.05) is 0 Å². The third-order valence-corrected chi connectivity index (χ3v) is 1.10. The minimum Gasteiger partial charge on any atom is -0.394 e. The van der Waals surface area contributed by atoms with E-state index in [2.05, 4.69) is 4.84 Å². The average Bonchev–Trinajstić information content (AvgIpc) is 1.69. The Morgan fingerprint density at radius 1 is 1.62 bits per heavy atom. The molecule has 3 N–H and O–H groups in total. The van der Waals surface area contributed by atoms with Gasteiger partial charge in [0.2, 0.25) is 0 Å². The van der Waals surface area contributed by atoms with Crippen LogP contribution in [0.3, 0.4) is 0 Å². The molecule has 8 heavy (non-hydrogen) atoms. The number of hydrogen-bond acceptors (Lipinski definition) is 3. The minimum atomic E-state index is -0.213. The smallest absolute Gasteiger partial charge is 0.104 e. The van der Waals surface area contributed by atoms with Crippen LogP contribution in [0.4, 0.5) is 0 Å². The zero-order chi connectivity index (χ0) is 6.57. The Hall–Kier alpha value is -0.120. The molecule has 0 saturated heterocycles. The normalized spacial score (nSPS) is 14.6. The van der Waals surface area contributed by atoms with E-state index in [0.717, 1.165) is 0 Å². The van der Waals surface area contributed by atoms with E-state index in [4.69, 9.17) is 11.0 Å². The average molecular weight is 119 g/mol. The maximum Gasteiger partial charge on any atom is 0.104 e. The molecule has 0 unspecified atom stereocenters. The summed E-state index contributed by atoms with van der Waals surface area (Å²) in [5, 5.41) is 8.49. The molecule has 0 bridgehead atoms. The quantitative estimate of drug-likeness (QED) is 0.510. The van der Waals surface area contributed by atoms with Crippen molar-refractivity contribution in [2.24, 2.45) is 11.8 Å². The first-order valence-corrected chi connectivity index (χ1v) is 2.68. The van der Waals surface area contributed by atoms with Crippen LogP contribution in [0.15, 0.2) is 0 Å². The van der Waals surface area contributed by atoms with Gasteiger partial charge in [-0.2, -0.15) is 0 Å². The third-order valence-electron chi connectivity index (χ3n) is 1.10. The van der Waals surface area contributed by atoms with E-state index in [1.54, 1.807) is 0 Å². The zero-order valence-corrected chi connectivity index (χ0v) is 5.29. The van der Waals surface area contributed by atoms with Gasteiger partial charge in [-0.1, -0.05) is 13.8 Å². The molecule has 0 aliphatic heterocycles. The molecule has 0 aromatic rings. The fraction of sp³-hybridized carbons (Fsp3) is 1.00. The standard InChI is InChI=1S/C5H13NO2/c1-4(2)5(3-7)8-6/h4-5,7H,3,6H2,1-2H3/t5-/m1/s1. The lowest BCUT2D eigenvalue weighted by molar-refractivity contribution is -0.0155. The monoisotopic (exact) mass is 119 g/mol. The van der Waals surface area contributed by atoms with E-state index in [9.17, 15) is 0 Å². The van der Waals surface area contributed by atoms with E-state index >= 15 is 0 Å². The molecule has 0 aliphatic rings. The number of rotatable bonds is 3. The van der Waals surface area contributed by atoms with Crippen molar-refractivity contribution in [3.63, 3.8) is 0 Å². The molecule has 0 radical (unpaired) electrons. The van der Waals surface area contributed by atoms with E-state index in [-0.39, 0.29) is 18.6 Å². The van der Waals surface area contributed by atoms with Gasteiger partial charge in [-0.25, -0.2) is 5.90 Å². The van der Waals surface area contributed by atoms with Gasteiger partial charge in [-0.15, -0.1) is 0 Å². The van der Waals surface area contributed by atoms with Gasteiger partial charge >= 0.3 is 0 Å². The van der Waals surface area contributed by atoms with Crippen molar-refractivity contribution >= 4 is 0 Å². The first kappa shape index (κ1) is 7.88. The molecule has 50 valence electrons. The fourth-order valence-corrected chi connectivity index (χ4v) is 0.411. The van der Waals surface area contributed by atoms with E-state index in [1.807, 2.05) is 13.8 Å². The van der Waals surface area contributed by atoms with Crippen LogP contribution in [-0.2, 0) is 4.84 Å². The molecule has 0 amide bonds. The molecule has 3 heteroatoms. The van der Waals surface area contributed by atoms with Crippen LogP contribution in [0.25, 0.3) is 0 Å². The van der Waals surface area contributed by atoms with Crippen LogP contribution in [0.1, 0.15) is 13.8 Å². The van der Waals surface area contributed by atoms with Gasteiger partial charge in [-0.3, -0.25) is 4.84 Å². The van der Waals surface area contributed by atoms with Gasteiger partial charge in [0.25, 0.3) is 0 Å². The molecule has 0 rings (SSSR count). The second-order valence-electron chi connectivity index (χ2n) is 2.10. The van der Waals surface area contributed by atoms with Gasteiger partial charge in [0.15, 0.2) is 0 Å². The highest BCUT2D eigenvalue weighted by molar-refractivity contribution is 4.57. The predicted octanol–water partition coefficient (Wildman–Crippen LogP) is -0.106. The van der Waals surface area contributed by atoms with E-state index in [1.165, 1.54) is 0 Å². The van der Waals surface area contributed by atoms with Crippen molar-refractivity contribution in [2.45, 2.75) is 20.0 Å². The SMILES string of the molecule is CC(C)[C@@H](CO)ON. The minimum absolute atomic E-state index is 0.00579. The lowest BCUT2D eigenvalue weighted by atomic mass is 10.1. The lowest BCUT2D eigenvalue weighted by Gasteiger charge is -2.13. The Kier molecular flexibility index (Phi) is 3.77. The first-order valence-electron chi connectivity index (χ1n) is 2.68. The zero-order valence-electron chi connectivity index (χ0n) is 5.29. The van der Waals surface area contributed by atoms with Crippen LogP contribution in [-0.4, -0.2) is 17.8 Å². The number of hydrogen-bond donors (Lipinski definition) is 2. The van der Waals surface area contributed by atoms with E-state index in [0.29, 0.717) is 0 Å². The maximum atomic E-state index is 8.49. The number of nitrogens with two attached hydrogens (primary N) is 1. The number of aliphatic hydroxyl groups is 1. The molecule has 0 aromatic heterocycles. The summed E-state index contributed by atoms with van der Waals surface area (Å²) in [5.41, 5.74) is 0. The topological polar surface area (TPSA) is 55.5 Å². The summed E-state index contributed by atoms with van der Waals surface area (Å²) in [7, 11) is 0. The fourth-order valence-electron chi connectivity index (χ4n) is 0.411. The maximum absolute atomic E-state index is 8.49. The van der Waals surface area contributed by atoms with Crippen LogP contribution in [0.2, 0.25) is 0 Å². The molecule has 0 heterocycles. The second-order valence-corrected chi connectivity index (χ2v) is 2.10. The van der Waals surface area contributed by atoms with Crippen LogP contribution in [0, 0.1) is 5.92 Å². The van der Waals surface area contributed by atoms with Crippen molar-refractivity contribution in [1.29, 1.82) is 0 Å². The van der Waals surface area contributed by atoms with Gasteiger partial charge in [0.05, 0.1) is 6.61 Å². The van der Waals surface area contributed by atoms with E-state index < -0.39 is 0 Å². The molecule has 3 nitrogen and oxygen atoms in total. The molecule has 0 aliphatic carbocycles. The Morgan fingerprint density at radius 2 is 2.12 bits per heavy atom. The Balaban J connectivity index is 3.35. The van der Waals surface area contributed by atoms with Crippen molar-refractivity contribution in [3.05, 3.63) is 0 Å². The summed E-state index contributed by atoms with van der Waals surface area (Å²) in [4.78, 5) is 4.41. The predicted molar refractivity (Wildman–Crippen MR) is 31.0 cm³/mol. The summed E-state index contributed by atoms with van der Waals surface area (Å²) >= 11 is 0. The molecule has 0 saturated carbocycles. The summed E-state index contributed by atoms with van der Waals surface area (Å²) < 4.78 is 0. The second kappa shape index (κ2) is 3.83. The Labute approximate surface area is 49.4 Å². The summed E-state index contributed by atoms with van der Waals surface area (Å²) in [6, 6.07) is 0. The summed E-state index contributed by atoms with van der Waals surface area (Å²) in [5.74, 6) is 5.11.